The zero-order valence-corrected chi connectivity index (χ0v) is 10.3. The molecule has 0 aliphatic carbocycles. The molecule has 0 radical (unpaired) electrons. The fourth-order valence-electron chi connectivity index (χ4n) is 2.07. The molecule has 8 heteroatoms. The number of Topliss-reactive ketones (excluding diaryl/α,β-unsaturated/α-hetero) is 1. The van der Waals surface area contributed by atoms with E-state index in [0.717, 1.165) is 12.3 Å². The smallest absolute Gasteiger partial charge is 0.374 e. The maximum absolute atomic E-state index is 13.8. The van der Waals surface area contributed by atoms with Crippen LogP contribution in [0.4, 0.5) is 17.6 Å². The van der Waals surface area contributed by atoms with Crippen molar-refractivity contribution in [3.63, 3.8) is 0 Å². The number of rotatable bonds is 2. The molecule has 1 saturated heterocycles. The summed E-state index contributed by atoms with van der Waals surface area (Å²) in [5.41, 5.74) is -2.14. The largest absolute Gasteiger partial charge is 0.436 e. The van der Waals surface area contributed by atoms with Crippen molar-refractivity contribution in [1.82, 2.24) is 9.88 Å². The highest BCUT2D eigenvalue weighted by Crippen LogP contribution is 2.33. The van der Waals surface area contributed by atoms with E-state index in [2.05, 4.69) is 4.98 Å². The molecule has 0 saturated carbocycles. The first-order valence-corrected chi connectivity index (χ1v) is 5.96. The topological polar surface area (TPSA) is 53.4 Å². The van der Waals surface area contributed by atoms with Crippen molar-refractivity contribution < 1.29 is 27.5 Å². The predicted octanol–water partition coefficient (Wildman–Crippen LogP) is 1.90. The number of ketones is 1. The van der Waals surface area contributed by atoms with Gasteiger partial charge in [0.2, 0.25) is 0 Å². The van der Waals surface area contributed by atoms with Crippen molar-refractivity contribution in [3.8, 4) is 0 Å². The Hall–Kier alpha value is -1.54. The highest BCUT2D eigenvalue weighted by Gasteiger charge is 2.38. The average Bonchev–Trinajstić information content (AvgIpc) is 2.37. The summed E-state index contributed by atoms with van der Waals surface area (Å²) < 4.78 is 51.4. The fourth-order valence-corrected chi connectivity index (χ4v) is 2.07. The second-order valence-corrected chi connectivity index (χ2v) is 4.51. The monoisotopic (exact) mass is 292 g/mol. The average molecular weight is 292 g/mol. The van der Waals surface area contributed by atoms with Gasteiger partial charge in [-0.1, -0.05) is 0 Å². The van der Waals surface area contributed by atoms with Gasteiger partial charge in [0.25, 0.3) is 0 Å². The first-order chi connectivity index (χ1) is 9.30. The van der Waals surface area contributed by atoms with Crippen molar-refractivity contribution in [2.24, 2.45) is 0 Å². The van der Waals surface area contributed by atoms with E-state index in [1.54, 1.807) is 0 Å². The van der Waals surface area contributed by atoms with Crippen LogP contribution in [-0.4, -0.2) is 33.9 Å². The van der Waals surface area contributed by atoms with Crippen molar-refractivity contribution >= 4 is 5.78 Å². The number of likely N-dealkylation sites (tertiary alicyclic amines) is 1. The van der Waals surface area contributed by atoms with Gasteiger partial charge in [0.1, 0.15) is 12.0 Å². The second-order valence-electron chi connectivity index (χ2n) is 4.51. The normalized spacial score (nSPS) is 19.1. The zero-order chi connectivity index (χ0) is 14.9. The highest BCUT2D eigenvalue weighted by molar-refractivity contribution is 5.79. The molecule has 1 unspecified atom stereocenters. The van der Waals surface area contributed by atoms with Gasteiger partial charge >= 0.3 is 6.18 Å². The second kappa shape index (κ2) is 5.45. The summed E-state index contributed by atoms with van der Waals surface area (Å²) in [4.78, 5) is 15.4. The maximum Gasteiger partial charge on any atom is 0.436 e. The van der Waals surface area contributed by atoms with E-state index >= 15 is 0 Å². The van der Waals surface area contributed by atoms with Crippen molar-refractivity contribution in [2.75, 3.05) is 13.1 Å². The molecule has 2 rings (SSSR count). The van der Waals surface area contributed by atoms with Crippen LogP contribution in [0.2, 0.25) is 0 Å². The van der Waals surface area contributed by atoms with Crippen LogP contribution in [0.3, 0.4) is 0 Å². The number of aliphatic hydroxyl groups excluding tert-OH is 1. The molecule has 20 heavy (non-hydrogen) atoms. The van der Waals surface area contributed by atoms with Gasteiger partial charge in [0.15, 0.2) is 11.5 Å². The minimum atomic E-state index is -4.92. The molecule has 0 amide bonds. The van der Waals surface area contributed by atoms with Gasteiger partial charge in [-0.3, -0.25) is 9.69 Å². The number of hydrogen-bond donors (Lipinski definition) is 1. The van der Waals surface area contributed by atoms with Crippen molar-refractivity contribution in [2.45, 2.75) is 25.2 Å². The van der Waals surface area contributed by atoms with Crippen LogP contribution < -0.4 is 0 Å². The van der Waals surface area contributed by atoms with E-state index in [1.807, 2.05) is 0 Å². The first-order valence-electron chi connectivity index (χ1n) is 5.96. The summed E-state index contributed by atoms with van der Waals surface area (Å²) in [7, 11) is 0. The number of carbonyl (C=O) groups excluding carboxylic acids is 1. The first kappa shape index (κ1) is 14.9. The lowest BCUT2D eigenvalue weighted by Gasteiger charge is -2.31. The molecular weight excluding hydrogens is 280 g/mol. The fraction of sp³-hybridized carbons (Fsp3) is 0.500. The number of aromatic nitrogens is 1. The third-order valence-electron chi connectivity index (χ3n) is 3.17. The van der Waals surface area contributed by atoms with E-state index in [-0.39, 0.29) is 31.7 Å². The number of aliphatic hydroxyl groups is 1. The van der Waals surface area contributed by atoms with Crippen LogP contribution in [0.15, 0.2) is 12.3 Å². The number of hydrogen-bond acceptors (Lipinski definition) is 4. The molecule has 1 atom stereocenters. The Morgan fingerprint density at radius 1 is 1.30 bits per heavy atom. The highest BCUT2D eigenvalue weighted by atomic mass is 19.4. The van der Waals surface area contributed by atoms with E-state index in [1.165, 1.54) is 4.90 Å². The Morgan fingerprint density at radius 2 is 1.90 bits per heavy atom. The van der Waals surface area contributed by atoms with E-state index in [0.29, 0.717) is 0 Å². The van der Waals surface area contributed by atoms with Crippen LogP contribution in [0.25, 0.3) is 0 Å². The molecule has 0 spiro atoms. The minimum absolute atomic E-state index is 0.0135. The summed E-state index contributed by atoms with van der Waals surface area (Å²) in [5, 5.41) is 9.98. The van der Waals surface area contributed by atoms with Crippen LogP contribution in [0.1, 0.15) is 30.3 Å². The van der Waals surface area contributed by atoms with Crippen molar-refractivity contribution in [1.29, 1.82) is 0 Å². The summed E-state index contributed by atoms with van der Waals surface area (Å²) in [5.74, 6) is -1.57. The molecule has 1 fully saturated rings. The van der Waals surface area contributed by atoms with Crippen molar-refractivity contribution in [3.05, 3.63) is 29.3 Å². The van der Waals surface area contributed by atoms with Crippen LogP contribution in [0.5, 0.6) is 0 Å². The standard InChI is InChI=1S/C12H12F4N2O2/c13-9-8(1-4-17-10(9)12(14,15)16)11(20)18-5-2-7(19)3-6-18/h1,4,11,20H,2-3,5-6H2. The summed E-state index contributed by atoms with van der Waals surface area (Å²) >= 11 is 0. The molecule has 1 aliphatic rings. The molecule has 1 aromatic heterocycles. The van der Waals surface area contributed by atoms with E-state index < -0.39 is 29.5 Å². The van der Waals surface area contributed by atoms with Crippen LogP contribution >= 0.6 is 0 Å². The minimum Gasteiger partial charge on any atom is -0.374 e. The van der Waals surface area contributed by atoms with Gasteiger partial charge in [-0.2, -0.15) is 13.2 Å². The van der Waals surface area contributed by atoms with E-state index in [4.69, 9.17) is 0 Å². The molecule has 0 bridgehead atoms. The summed E-state index contributed by atoms with van der Waals surface area (Å²) in [6.45, 7) is 0.367. The number of pyridine rings is 1. The molecule has 1 aromatic rings. The Labute approximate surface area is 112 Å². The third-order valence-corrected chi connectivity index (χ3v) is 3.17. The number of halogens is 4. The maximum atomic E-state index is 13.8. The van der Waals surface area contributed by atoms with Crippen LogP contribution in [0, 0.1) is 5.82 Å². The summed E-state index contributed by atoms with van der Waals surface area (Å²) in [6, 6.07) is 1.01. The molecule has 1 N–H and O–H groups in total. The molecule has 110 valence electrons. The Kier molecular flexibility index (Phi) is 4.05. The van der Waals surface area contributed by atoms with Gasteiger partial charge in [-0.25, -0.2) is 9.37 Å². The van der Waals surface area contributed by atoms with Gasteiger partial charge in [-0.15, -0.1) is 0 Å². The Balaban J connectivity index is 2.26. The third kappa shape index (κ3) is 2.96. The molecule has 2 heterocycles. The number of carbonyl (C=O) groups is 1. The summed E-state index contributed by atoms with van der Waals surface area (Å²) in [6.07, 6.45) is -5.25. The van der Waals surface area contributed by atoms with Gasteiger partial charge in [0, 0.05) is 37.7 Å². The quantitative estimate of drug-likeness (QED) is 0.846. The van der Waals surface area contributed by atoms with Gasteiger partial charge in [0.05, 0.1) is 0 Å². The van der Waals surface area contributed by atoms with Gasteiger partial charge in [-0.05, 0) is 6.07 Å². The number of alkyl halides is 3. The Bertz CT molecular complexity index is 509. The zero-order valence-electron chi connectivity index (χ0n) is 10.3. The van der Waals surface area contributed by atoms with Gasteiger partial charge < -0.3 is 5.11 Å². The SMILES string of the molecule is O=C1CCN(C(O)c2ccnc(C(F)(F)F)c2F)CC1. The number of piperidine rings is 1. The van der Waals surface area contributed by atoms with E-state index in [9.17, 15) is 27.5 Å². The lowest BCUT2D eigenvalue weighted by molar-refractivity contribution is -0.144. The lowest BCUT2D eigenvalue weighted by atomic mass is 10.1. The molecule has 1 aliphatic heterocycles. The van der Waals surface area contributed by atoms with Crippen LogP contribution in [-0.2, 0) is 11.0 Å². The Morgan fingerprint density at radius 3 is 2.45 bits per heavy atom. The number of nitrogens with zero attached hydrogens (tertiary/aromatic N) is 2. The predicted molar refractivity (Wildman–Crippen MR) is 60.0 cm³/mol. The lowest BCUT2D eigenvalue weighted by Crippen LogP contribution is -2.37. The molecular formula is C12H12F4N2O2. The molecule has 4 nitrogen and oxygen atoms in total. The molecule has 0 aromatic carbocycles.